The van der Waals surface area contributed by atoms with Gasteiger partial charge in [0.2, 0.25) is 0 Å². The van der Waals surface area contributed by atoms with E-state index in [0.717, 1.165) is 37.2 Å². The molecule has 0 amide bonds. The van der Waals surface area contributed by atoms with Crippen LogP contribution in [-0.2, 0) is 0 Å². The van der Waals surface area contributed by atoms with Crippen molar-refractivity contribution in [3.63, 3.8) is 0 Å². The van der Waals surface area contributed by atoms with Crippen LogP contribution in [0, 0.1) is 5.92 Å². The number of hydrogen-bond acceptors (Lipinski definition) is 3. The summed E-state index contributed by atoms with van der Waals surface area (Å²) in [7, 11) is 0. The zero-order chi connectivity index (χ0) is 16.8. The highest BCUT2D eigenvalue weighted by molar-refractivity contribution is 5.29. The number of β-amino-alcohol motifs (C(OH)–C–C–N with tert-alkyl or cyclic N) is 1. The van der Waals surface area contributed by atoms with E-state index >= 15 is 0 Å². The van der Waals surface area contributed by atoms with Crippen molar-refractivity contribution >= 4 is 0 Å². The average Bonchev–Trinajstić information content (AvgIpc) is 2.63. The summed E-state index contributed by atoms with van der Waals surface area (Å²) in [6.07, 6.45) is 8.87. The number of benzene rings is 1. The number of ether oxygens (including phenoxy) is 1. The van der Waals surface area contributed by atoms with Crippen LogP contribution in [0.2, 0.25) is 0 Å². The van der Waals surface area contributed by atoms with Gasteiger partial charge in [0.25, 0.3) is 0 Å². The maximum Gasteiger partial charge on any atom is 0.119 e. The van der Waals surface area contributed by atoms with Gasteiger partial charge in [-0.15, -0.1) is 0 Å². The van der Waals surface area contributed by atoms with Crippen LogP contribution in [0.4, 0.5) is 0 Å². The molecule has 2 fully saturated rings. The lowest BCUT2D eigenvalue weighted by atomic mass is 9.84. The van der Waals surface area contributed by atoms with Crippen molar-refractivity contribution in [3.05, 3.63) is 29.8 Å². The maximum absolute atomic E-state index is 10.2. The van der Waals surface area contributed by atoms with E-state index in [4.69, 9.17) is 4.74 Å². The summed E-state index contributed by atoms with van der Waals surface area (Å²) >= 11 is 0. The predicted octanol–water partition coefficient (Wildman–Crippen LogP) is 4.21. The van der Waals surface area contributed by atoms with Crippen LogP contribution in [-0.4, -0.2) is 42.4 Å². The molecule has 1 aromatic rings. The third kappa shape index (κ3) is 5.22. The first-order valence-corrected chi connectivity index (χ1v) is 9.84. The highest BCUT2D eigenvalue weighted by Crippen LogP contribution is 2.33. The third-order valence-electron chi connectivity index (χ3n) is 5.74. The number of piperidine rings is 1. The summed E-state index contributed by atoms with van der Waals surface area (Å²) in [6.45, 7) is 5.64. The molecule has 134 valence electrons. The first-order chi connectivity index (χ1) is 11.7. The van der Waals surface area contributed by atoms with Gasteiger partial charge in [-0.2, -0.15) is 0 Å². The van der Waals surface area contributed by atoms with Crippen molar-refractivity contribution in [1.82, 2.24) is 4.90 Å². The zero-order valence-corrected chi connectivity index (χ0v) is 15.1. The number of aliphatic hydroxyl groups is 1. The van der Waals surface area contributed by atoms with Crippen LogP contribution >= 0.6 is 0 Å². The molecule has 3 heteroatoms. The monoisotopic (exact) mass is 331 g/mol. The standard InChI is InChI=1S/C21H33NO2/c1-17-11-13-22(14-12-17)15-20(23)16-24-21-9-7-19(8-10-21)18-5-3-2-4-6-18/h7-10,17-18,20,23H,2-6,11-16H2,1H3/t20-/m1/s1. The van der Waals surface area contributed by atoms with Crippen molar-refractivity contribution in [1.29, 1.82) is 0 Å². The maximum atomic E-state index is 10.2. The Balaban J connectivity index is 1.41. The number of likely N-dealkylation sites (tertiary alicyclic amines) is 1. The molecule has 1 aliphatic heterocycles. The van der Waals surface area contributed by atoms with Gasteiger partial charge >= 0.3 is 0 Å². The summed E-state index contributed by atoms with van der Waals surface area (Å²) < 4.78 is 5.80. The summed E-state index contributed by atoms with van der Waals surface area (Å²) in [6, 6.07) is 8.56. The molecule has 3 nitrogen and oxygen atoms in total. The van der Waals surface area contributed by atoms with Gasteiger partial charge in [-0.05, 0) is 68.3 Å². The van der Waals surface area contributed by atoms with Gasteiger partial charge in [0.1, 0.15) is 18.5 Å². The van der Waals surface area contributed by atoms with E-state index in [1.165, 1.54) is 50.5 Å². The Labute approximate surface area is 147 Å². The first kappa shape index (κ1) is 17.8. The molecule has 0 spiro atoms. The summed E-state index contributed by atoms with van der Waals surface area (Å²) in [5.74, 6) is 2.44. The van der Waals surface area contributed by atoms with Gasteiger partial charge in [-0.3, -0.25) is 0 Å². The Morgan fingerprint density at radius 1 is 1.04 bits per heavy atom. The second kappa shape index (κ2) is 8.87. The van der Waals surface area contributed by atoms with Crippen molar-refractivity contribution in [2.45, 2.75) is 63.9 Å². The predicted molar refractivity (Wildman–Crippen MR) is 98.6 cm³/mol. The fourth-order valence-corrected chi connectivity index (χ4v) is 4.06. The SMILES string of the molecule is CC1CCN(C[C@@H](O)COc2ccc(C3CCCCC3)cc2)CC1. The van der Waals surface area contributed by atoms with E-state index in [-0.39, 0.29) is 0 Å². The normalized spacial score (nSPS) is 22.4. The van der Waals surface area contributed by atoms with Crippen molar-refractivity contribution in [3.8, 4) is 5.75 Å². The number of hydrogen-bond donors (Lipinski definition) is 1. The molecular weight excluding hydrogens is 298 g/mol. The fourth-order valence-electron chi connectivity index (χ4n) is 4.06. The lowest BCUT2D eigenvalue weighted by molar-refractivity contribution is 0.0563. The Kier molecular flexibility index (Phi) is 6.56. The molecule has 24 heavy (non-hydrogen) atoms. The molecule has 1 atom stereocenters. The summed E-state index contributed by atoms with van der Waals surface area (Å²) in [5.41, 5.74) is 1.45. The Morgan fingerprint density at radius 3 is 2.38 bits per heavy atom. The van der Waals surface area contributed by atoms with Crippen LogP contribution < -0.4 is 4.74 Å². The molecule has 1 aromatic carbocycles. The minimum absolute atomic E-state index is 0.384. The van der Waals surface area contributed by atoms with Gasteiger partial charge in [0, 0.05) is 6.54 Å². The minimum Gasteiger partial charge on any atom is -0.491 e. The molecule has 0 aromatic heterocycles. The molecule has 3 rings (SSSR count). The molecule has 1 saturated carbocycles. The van der Waals surface area contributed by atoms with Gasteiger partial charge in [0.05, 0.1) is 0 Å². The van der Waals surface area contributed by atoms with E-state index in [0.29, 0.717) is 6.61 Å². The molecule has 1 heterocycles. The smallest absolute Gasteiger partial charge is 0.119 e. The van der Waals surface area contributed by atoms with E-state index in [1.54, 1.807) is 0 Å². The molecule has 1 aliphatic carbocycles. The van der Waals surface area contributed by atoms with Crippen molar-refractivity contribution in [2.24, 2.45) is 5.92 Å². The van der Waals surface area contributed by atoms with Gasteiger partial charge in [-0.25, -0.2) is 0 Å². The third-order valence-corrected chi connectivity index (χ3v) is 5.74. The van der Waals surface area contributed by atoms with Gasteiger partial charge in [-0.1, -0.05) is 38.3 Å². The molecule has 0 unspecified atom stereocenters. The lowest BCUT2D eigenvalue weighted by Gasteiger charge is -2.31. The largest absolute Gasteiger partial charge is 0.491 e. The Bertz CT molecular complexity index is 473. The molecule has 1 saturated heterocycles. The van der Waals surface area contributed by atoms with Crippen LogP contribution in [0.1, 0.15) is 63.4 Å². The van der Waals surface area contributed by atoms with E-state index in [9.17, 15) is 5.11 Å². The van der Waals surface area contributed by atoms with Crippen LogP contribution in [0.15, 0.2) is 24.3 Å². The average molecular weight is 332 g/mol. The van der Waals surface area contributed by atoms with Crippen LogP contribution in [0.5, 0.6) is 5.75 Å². The highest BCUT2D eigenvalue weighted by Gasteiger charge is 2.19. The second-order valence-electron chi connectivity index (χ2n) is 7.85. The van der Waals surface area contributed by atoms with Crippen LogP contribution in [0.25, 0.3) is 0 Å². The van der Waals surface area contributed by atoms with Crippen molar-refractivity contribution < 1.29 is 9.84 Å². The summed E-state index contributed by atoms with van der Waals surface area (Å²) in [4.78, 5) is 2.36. The zero-order valence-electron chi connectivity index (χ0n) is 15.1. The first-order valence-electron chi connectivity index (χ1n) is 9.84. The topological polar surface area (TPSA) is 32.7 Å². The van der Waals surface area contributed by atoms with Crippen LogP contribution in [0.3, 0.4) is 0 Å². The quantitative estimate of drug-likeness (QED) is 0.848. The van der Waals surface area contributed by atoms with Crippen molar-refractivity contribution in [2.75, 3.05) is 26.2 Å². The Hall–Kier alpha value is -1.06. The van der Waals surface area contributed by atoms with E-state index < -0.39 is 6.10 Å². The van der Waals surface area contributed by atoms with Gasteiger partial charge in [0.15, 0.2) is 0 Å². The summed E-state index contributed by atoms with van der Waals surface area (Å²) in [5, 5.41) is 10.2. The molecule has 2 aliphatic rings. The number of nitrogens with zero attached hydrogens (tertiary/aromatic N) is 1. The second-order valence-corrected chi connectivity index (χ2v) is 7.85. The molecule has 1 N–H and O–H groups in total. The molecule has 0 radical (unpaired) electrons. The number of aliphatic hydroxyl groups excluding tert-OH is 1. The Morgan fingerprint density at radius 2 is 1.71 bits per heavy atom. The van der Waals surface area contributed by atoms with E-state index in [1.807, 2.05) is 0 Å². The minimum atomic E-state index is -0.406. The van der Waals surface area contributed by atoms with Gasteiger partial charge < -0.3 is 14.7 Å². The van der Waals surface area contributed by atoms with E-state index in [2.05, 4.69) is 36.1 Å². The lowest BCUT2D eigenvalue weighted by Crippen LogP contribution is -2.40. The molecule has 0 bridgehead atoms. The highest BCUT2D eigenvalue weighted by atomic mass is 16.5. The number of rotatable bonds is 6. The fraction of sp³-hybridized carbons (Fsp3) is 0.714. The molecular formula is C21H33NO2.